The highest BCUT2D eigenvalue weighted by molar-refractivity contribution is 5.68. The minimum absolute atomic E-state index is 0.418. The van der Waals surface area contributed by atoms with Gasteiger partial charge in [-0.3, -0.25) is 9.59 Å². The zero-order chi connectivity index (χ0) is 10.7. The monoisotopic (exact) mass is 202 g/mol. The Bertz CT molecular complexity index is 461. The fourth-order valence-electron chi connectivity index (χ4n) is 0.823. The van der Waals surface area contributed by atoms with Crippen molar-refractivity contribution in [2.45, 2.75) is 6.54 Å². The maximum Gasteiger partial charge on any atom is 0.329 e. The van der Waals surface area contributed by atoms with Crippen molar-refractivity contribution < 1.29 is 13.9 Å². The van der Waals surface area contributed by atoms with E-state index in [0.29, 0.717) is 10.8 Å². The number of H-pyrrole nitrogens is 1. The second kappa shape index (κ2) is 3.86. The summed E-state index contributed by atoms with van der Waals surface area (Å²) in [4.78, 5) is 34.7. The Morgan fingerprint density at radius 2 is 2.29 bits per heavy atom. The SMILES string of the molecule is COC(=O)Cn1c(=O)[nH]cc(F)c1=O. The molecule has 1 aromatic heterocycles. The van der Waals surface area contributed by atoms with E-state index in [4.69, 9.17) is 0 Å². The summed E-state index contributed by atoms with van der Waals surface area (Å²) < 4.78 is 17.3. The van der Waals surface area contributed by atoms with Gasteiger partial charge in [0.15, 0.2) is 0 Å². The van der Waals surface area contributed by atoms with Crippen LogP contribution in [0.2, 0.25) is 0 Å². The molecule has 0 atom stereocenters. The fourth-order valence-corrected chi connectivity index (χ4v) is 0.823. The van der Waals surface area contributed by atoms with Crippen molar-refractivity contribution >= 4 is 5.97 Å². The number of hydrogen-bond acceptors (Lipinski definition) is 4. The summed E-state index contributed by atoms with van der Waals surface area (Å²) in [5.41, 5.74) is -2.01. The molecule has 0 radical (unpaired) electrons. The van der Waals surface area contributed by atoms with Gasteiger partial charge in [-0.05, 0) is 0 Å². The van der Waals surface area contributed by atoms with E-state index in [1.165, 1.54) is 0 Å². The lowest BCUT2D eigenvalue weighted by Gasteiger charge is -2.01. The van der Waals surface area contributed by atoms with Crippen LogP contribution >= 0.6 is 0 Å². The number of nitrogens with zero attached hydrogens (tertiary/aromatic N) is 1. The van der Waals surface area contributed by atoms with Crippen molar-refractivity contribution in [3.8, 4) is 0 Å². The molecular weight excluding hydrogens is 195 g/mol. The number of hydrogen-bond donors (Lipinski definition) is 1. The molecule has 0 aromatic carbocycles. The maximum absolute atomic E-state index is 12.7. The van der Waals surface area contributed by atoms with Gasteiger partial charge in [-0.1, -0.05) is 0 Å². The lowest BCUT2D eigenvalue weighted by atomic mass is 10.5. The number of rotatable bonds is 2. The first-order valence-electron chi connectivity index (χ1n) is 3.61. The van der Waals surface area contributed by atoms with E-state index in [1.54, 1.807) is 0 Å². The molecule has 0 saturated carbocycles. The molecule has 1 aromatic rings. The summed E-state index contributed by atoms with van der Waals surface area (Å²) in [5.74, 6) is -1.93. The Labute approximate surface area is 76.9 Å². The summed E-state index contributed by atoms with van der Waals surface area (Å²) in [7, 11) is 1.10. The second-order valence-electron chi connectivity index (χ2n) is 2.41. The number of halogens is 1. The summed E-state index contributed by atoms with van der Waals surface area (Å²) in [6.45, 7) is -0.609. The highest BCUT2D eigenvalue weighted by Gasteiger charge is 2.10. The topological polar surface area (TPSA) is 81.2 Å². The van der Waals surface area contributed by atoms with Crippen LogP contribution in [0.4, 0.5) is 4.39 Å². The number of carbonyl (C=O) groups excluding carboxylic acids is 1. The van der Waals surface area contributed by atoms with Gasteiger partial charge < -0.3 is 9.72 Å². The van der Waals surface area contributed by atoms with E-state index in [0.717, 1.165) is 7.11 Å². The zero-order valence-corrected chi connectivity index (χ0v) is 7.24. The molecule has 1 N–H and O–H groups in total. The smallest absolute Gasteiger partial charge is 0.329 e. The van der Waals surface area contributed by atoms with Crippen LogP contribution in [0, 0.1) is 5.82 Å². The number of nitrogens with one attached hydrogen (secondary N) is 1. The average Bonchev–Trinajstić information content (AvgIpc) is 2.18. The number of methoxy groups -OCH3 is 1. The number of aromatic nitrogens is 2. The molecule has 0 amide bonds. The maximum atomic E-state index is 12.7. The molecule has 7 heteroatoms. The van der Waals surface area contributed by atoms with E-state index in [-0.39, 0.29) is 0 Å². The van der Waals surface area contributed by atoms with Crippen LogP contribution in [-0.2, 0) is 16.1 Å². The van der Waals surface area contributed by atoms with E-state index in [2.05, 4.69) is 4.74 Å². The quantitative estimate of drug-likeness (QED) is 0.614. The Kier molecular flexibility index (Phi) is 2.80. The predicted molar refractivity (Wildman–Crippen MR) is 43.3 cm³/mol. The lowest BCUT2D eigenvalue weighted by Crippen LogP contribution is -2.38. The van der Waals surface area contributed by atoms with Gasteiger partial charge in [-0.2, -0.15) is 4.39 Å². The van der Waals surface area contributed by atoms with Gasteiger partial charge in [0.25, 0.3) is 5.56 Å². The standard InChI is InChI=1S/C7H7FN2O4/c1-14-5(11)3-10-6(12)4(8)2-9-7(10)13/h2H,3H2,1H3,(H,9,13). The first kappa shape index (κ1) is 10.2. The summed E-state index contributed by atoms with van der Waals surface area (Å²) in [6, 6.07) is 0. The predicted octanol–water partition coefficient (Wildman–Crippen LogP) is -1.15. The van der Waals surface area contributed by atoms with Crippen molar-refractivity contribution in [1.82, 2.24) is 9.55 Å². The van der Waals surface area contributed by atoms with Crippen LogP contribution in [0.25, 0.3) is 0 Å². The van der Waals surface area contributed by atoms with Crippen molar-refractivity contribution in [3.05, 3.63) is 32.9 Å². The van der Waals surface area contributed by atoms with Gasteiger partial charge in [0.05, 0.1) is 7.11 Å². The number of aromatic amines is 1. The van der Waals surface area contributed by atoms with Crippen LogP contribution in [0.1, 0.15) is 0 Å². The molecule has 0 bridgehead atoms. The number of carbonyl (C=O) groups is 1. The fraction of sp³-hybridized carbons (Fsp3) is 0.286. The third-order valence-corrected chi connectivity index (χ3v) is 1.53. The first-order chi connectivity index (χ1) is 6.56. The second-order valence-corrected chi connectivity index (χ2v) is 2.41. The zero-order valence-electron chi connectivity index (χ0n) is 7.24. The molecule has 0 saturated heterocycles. The molecule has 76 valence electrons. The van der Waals surface area contributed by atoms with E-state index >= 15 is 0 Å². The Morgan fingerprint density at radius 1 is 1.64 bits per heavy atom. The highest BCUT2D eigenvalue weighted by Crippen LogP contribution is 1.82. The third-order valence-electron chi connectivity index (χ3n) is 1.53. The van der Waals surface area contributed by atoms with E-state index < -0.39 is 29.6 Å². The van der Waals surface area contributed by atoms with Gasteiger partial charge in [0, 0.05) is 6.20 Å². The molecule has 1 rings (SSSR count). The highest BCUT2D eigenvalue weighted by atomic mass is 19.1. The van der Waals surface area contributed by atoms with Crippen LogP contribution in [0.5, 0.6) is 0 Å². The largest absolute Gasteiger partial charge is 0.468 e. The molecule has 0 spiro atoms. The molecule has 0 fully saturated rings. The normalized spacial score (nSPS) is 9.86. The van der Waals surface area contributed by atoms with Gasteiger partial charge in [0.1, 0.15) is 6.54 Å². The molecule has 0 unspecified atom stereocenters. The molecule has 6 nitrogen and oxygen atoms in total. The van der Waals surface area contributed by atoms with Crippen LogP contribution < -0.4 is 11.2 Å². The van der Waals surface area contributed by atoms with Crippen LogP contribution in [0.3, 0.4) is 0 Å². The molecule has 1 heterocycles. The molecule has 14 heavy (non-hydrogen) atoms. The lowest BCUT2D eigenvalue weighted by molar-refractivity contribution is -0.141. The average molecular weight is 202 g/mol. The van der Waals surface area contributed by atoms with Crippen molar-refractivity contribution in [3.63, 3.8) is 0 Å². The third kappa shape index (κ3) is 1.87. The Balaban J connectivity index is 3.20. The molecule has 0 aliphatic heterocycles. The van der Waals surface area contributed by atoms with Crippen molar-refractivity contribution in [2.24, 2.45) is 0 Å². The molecular formula is C7H7FN2O4. The van der Waals surface area contributed by atoms with Gasteiger partial charge >= 0.3 is 11.7 Å². The van der Waals surface area contributed by atoms with E-state index in [1.807, 2.05) is 4.98 Å². The van der Waals surface area contributed by atoms with Crippen molar-refractivity contribution in [2.75, 3.05) is 7.11 Å². The van der Waals surface area contributed by atoms with Crippen LogP contribution in [-0.4, -0.2) is 22.6 Å². The molecule has 0 aliphatic rings. The summed E-state index contributed by atoms with van der Waals surface area (Å²) in [6.07, 6.45) is 0.637. The van der Waals surface area contributed by atoms with Crippen LogP contribution in [0.15, 0.2) is 15.8 Å². The Hall–Kier alpha value is -1.92. The minimum Gasteiger partial charge on any atom is -0.468 e. The number of ether oxygens (including phenoxy) is 1. The minimum atomic E-state index is -1.15. The summed E-state index contributed by atoms with van der Waals surface area (Å²) >= 11 is 0. The van der Waals surface area contributed by atoms with Gasteiger partial charge in [-0.15, -0.1) is 0 Å². The summed E-state index contributed by atoms with van der Waals surface area (Å²) in [5, 5.41) is 0. The number of esters is 1. The molecule has 0 aliphatic carbocycles. The Morgan fingerprint density at radius 3 is 2.86 bits per heavy atom. The van der Waals surface area contributed by atoms with Gasteiger partial charge in [-0.25, -0.2) is 9.36 Å². The van der Waals surface area contributed by atoms with E-state index in [9.17, 15) is 18.8 Å². The van der Waals surface area contributed by atoms with Gasteiger partial charge in [0.2, 0.25) is 5.82 Å². The first-order valence-corrected chi connectivity index (χ1v) is 3.61. The van der Waals surface area contributed by atoms with Crippen molar-refractivity contribution in [1.29, 1.82) is 0 Å².